The van der Waals surface area contributed by atoms with Crippen molar-refractivity contribution in [3.05, 3.63) is 29.8 Å². The molecule has 1 saturated carbocycles. The molecule has 0 unspecified atom stereocenters. The third-order valence-corrected chi connectivity index (χ3v) is 8.33. The first-order valence-electron chi connectivity index (χ1n) is 11.5. The number of carbonyl (C=O) groups is 2. The van der Waals surface area contributed by atoms with Crippen LogP contribution in [0, 0.1) is 6.92 Å². The fourth-order valence-corrected chi connectivity index (χ4v) is 6.26. The Bertz CT molecular complexity index is 846. The molecule has 1 aromatic carbocycles. The Hall–Kier alpha value is -1.93. The largest absolute Gasteiger partial charge is 0.348 e. The van der Waals surface area contributed by atoms with Crippen LogP contribution in [0.5, 0.6) is 0 Å². The normalized spacial score (nSPS) is 21.3. The van der Waals surface area contributed by atoms with Gasteiger partial charge >= 0.3 is 11.8 Å². The van der Waals surface area contributed by atoms with Crippen molar-refractivity contribution in [3.63, 3.8) is 0 Å². The molecule has 2 fully saturated rings. The standard InChI is InChI=1S/C23H35N3O4S/c1-18-11-13-21(14-12-18)31(29,30)26-17-7-6-10-20(26)15-16-24-22(27)23(28)25-19-8-4-2-3-5-9-19/h11-14,19-20H,2-10,15-17H2,1H3,(H,24,27)(H,25,28)/t20-/m1/s1. The molecule has 0 aromatic heterocycles. The average Bonchev–Trinajstić information content (AvgIpc) is 3.03. The molecule has 3 rings (SSSR count). The number of sulfonamides is 1. The maximum atomic E-state index is 13.1. The number of piperidine rings is 1. The van der Waals surface area contributed by atoms with Gasteiger partial charge in [-0.3, -0.25) is 9.59 Å². The molecule has 2 N–H and O–H groups in total. The van der Waals surface area contributed by atoms with Gasteiger partial charge in [-0.25, -0.2) is 8.42 Å². The summed E-state index contributed by atoms with van der Waals surface area (Å²) in [6.07, 6.45) is 9.42. The molecule has 0 radical (unpaired) electrons. The molecule has 1 saturated heterocycles. The van der Waals surface area contributed by atoms with Crippen LogP contribution < -0.4 is 10.6 Å². The maximum Gasteiger partial charge on any atom is 0.309 e. The van der Waals surface area contributed by atoms with Crippen molar-refractivity contribution in [2.45, 2.75) is 88.1 Å². The van der Waals surface area contributed by atoms with Crippen molar-refractivity contribution in [2.24, 2.45) is 0 Å². The van der Waals surface area contributed by atoms with Gasteiger partial charge in [0, 0.05) is 25.2 Å². The highest BCUT2D eigenvalue weighted by molar-refractivity contribution is 7.89. The molecule has 2 aliphatic rings. The molecule has 1 atom stereocenters. The number of nitrogens with one attached hydrogen (secondary N) is 2. The van der Waals surface area contributed by atoms with E-state index in [9.17, 15) is 18.0 Å². The number of carbonyl (C=O) groups excluding carboxylic acids is 2. The second-order valence-corrected chi connectivity index (χ2v) is 10.7. The van der Waals surface area contributed by atoms with Crippen molar-refractivity contribution in [3.8, 4) is 0 Å². The van der Waals surface area contributed by atoms with Crippen LogP contribution in [0.4, 0.5) is 0 Å². The zero-order chi connectivity index (χ0) is 22.3. The van der Waals surface area contributed by atoms with E-state index in [4.69, 9.17) is 0 Å². The van der Waals surface area contributed by atoms with Crippen LogP contribution in [0.15, 0.2) is 29.2 Å². The zero-order valence-electron chi connectivity index (χ0n) is 18.4. The lowest BCUT2D eigenvalue weighted by Gasteiger charge is -2.34. The molecule has 0 spiro atoms. The summed E-state index contributed by atoms with van der Waals surface area (Å²) in [5, 5.41) is 5.53. The van der Waals surface area contributed by atoms with Gasteiger partial charge in [0.1, 0.15) is 0 Å². The van der Waals surface area contributed by atoms with Gasteiger partial charge < -0.3 is 10.6 Å². The van der Waals surface area contributed by atoms with E-state index in [1.807, 2.05) is 6.92 Å². The second-order valence-electron chi connectivity index (χ2n) is 8.78. The first-order valence-corrected chi connectivity index (χ1v) is 13.0. The van der Waals surface area contributed by atoms with Gasteiger partial charge in [0.05, 0.1) is 4.90 Å². The quantitative estimate of drug-likeness (QED) is 0.516. The number of amides is 2. The fourth-order valence-electron chi connectivity index (χ4n) is 4.53. The topological polar surface area (TPSA) is 95.6 Å². The van der Waals surface area contributed by atoms with Crippen LogP contribution in [0.2, 0.25) is 0 Å². The van der Waals surface area contributed by atoms with Gasteiger partial charge in [0.15, 0.2) is 0 Å². The molecule has 1 aromatic rings. The van der Waals surface area contributed by atoms with E-state index in [1.54, 1.807) is 28.6 Å². The van der Waals surface area contributed by atoms with Gasteiger partial charge in [-0.1, -0.05) is 49.8 Å². The minimum absolute atomic E-state index is 0.0780. The number of hydrogen-bond donors (Lipinski definition) is 2. The molecule has 0 bridgehead atoms. The Morgan fingerprint density at radius 1 is 0.935 bits per heavy atom. The van der Waals surface area contributed by atoms with Gasteiger partial charge in [0.25, 0.3) is 0 Å². The van der Waals surface area contributed by atoms with Crippen molar-refractivity contribution >= 4 is 21.8 Å². The summed E-state index contributed by atoms with van der Waals surface area (Å²) in [7, 11) is -3.58. The Morgan fingerprint density at radius 3 is 2.26 bits per heavy atom. The highest BCUT2D eigenvalue weighted by Gasteiger charge is 2.33. The molecule has 8 heteroatoms. The van der Waals surface area contributed by atoms with Crippen molar-refractivity contribution < 1.29 is 18.0 Å². The summed E-state index contributed by atoms with van der Waals surface area (Å²) in [6, 6.07) is 6.81. The van der Waals surface area contributed by atoms with E-state index in [0.717, 1.165) is 50.5 Å². The van der Waals surface area contributed by atoms with Gasteiger partial charge in [-0.15, -0.1) is 0 Å². The number of nitrogens with zero attached hydrogens (tertiary/aromatic N) is 1. The summed E-state index contributed by atoms with van der Waals surface area (Å²) >= 11 is 0. The summed E-state index contributed by atoms with van der Waals surface area (Å²) in [5.41, 5.74) is 1.01. The lowest BCUT2D eigenvalue weighted by Crippen LogP contribution is -2.47. The monoisotopic (exact) mass is 449 g/mol. The Labute approximate surface area is 186 Å². The Kier molecular flexibility index (Phi) is 8.49. The third kappa shape index (κ3) is 6.53. The lowest BCUT2D eigenvalue weighted by molar-refractivity contribution is -0.139. The highest BCUT2D eigenvalue weighted by Crippen LogP contribution is 2.27. The summed E-state index contributed by atoms with van der Waals surface area (Å²) in [4.78, 5) is 24.7. The number of benzene rings is 1. The van der Waals surface area contributed by atoms with E-state index in [1.165, 1.54) is 12.8 Å². The maximum absolute atomic E-state index is 13.1. The van der Waals surface area contributed by atoms with Crippen LogP contribution in [0.1, 0.15) is 69.8 Å². The minimum Gasteiger partial charge on any atom is -0.348 e. The summed E-state index contributed by atoms with van der Waals surface area (Å²) in [5.74, 6) is -1.22. The molecule has 2 amide bonds. The van der Waals surface area contributed by atoms with Crippen molar-refractivity contribution in [2.75, 3.05) is 13.1 Å². The number of hydrogen-bond acceptors (Lipinski definition) is 4. The zero-order valence-corrected chi connectivity index (χ0v) is 19.3. The summed E-state index contributed by atoms with van der Waals surface area (Å²) in [6.45, 7) is 2.69. The fraction of sp³-hybridized carbons (Fsp3) is 0.652. The molecule has 1 heterocycles. The lowest BCUT2D eigenvalue weighted by atomic mass is 10.0. The van der Waals surface area contributed by atoms with Gasteiger partial charge in [-0.2, -0.15) is 4.31 Å². The minimum atomic E-state index is -3.58. The second kappa shape index (κ2) is 11.1. The molecule has 1 aliphatic carbocycles. The Balaban J connectivity index is 1.52. The van der Waals surface area contributed by atoms with Crippen LogP contribution in [-0.2, 0) is 19.6 Å². The SMILES string of the molecule is Cc1ccc(S(=O)(=O)N2CCCC[C@@H]2CCNC(=O)C(=O)NC2CCCCCC2)cc1. The van der Waals surface area contributed by atoms with E-state index in [0.29, 0.717) is 17.9 Å². The highest BCUT2D eigenvalue weighted by atomic mass is 32.2. The predicted molar refractivity (Wildman–Crippen MR) is 120 cm³/mol. The van der Waals surface area contributed by atoms with Crippen molar-refractivity contribution in [1.82, 2.24) is 14.9 Å². The van der Waals surface area contributed by atoms with E-state index in [-0.39, 0.29) is 18.6 Å². The summed E-state index contributed by atoms with van der Waals surface area (Å²) < 4.78 is 27.8. The predicted octanol–water partition coefficient (Wildman–Crippen LogP) is 2.88. The number of rotatable bonds is 6. The molecule has 7 nitrogen and oxygen atoms in total. The molecular formula is C23H35N3O4S. The Morgan fingerprint density at radius 2 is 1.58 bits per heavy atom. The van der Waals surface area contributed by atoms with Gasteiger partial charge in [-0.05, 0) is 51.2 Å². The van der Waals surface area contributed by atoms with E-state index >= 15 is 0 Å². The first kappa shape index (κ1) is 23.7. The third-order valence-electron chi connectivity index (χ3n) is 6.36. The van der Waals surface area contributed by atoms with Crippen LogP contribution in [-0.4, -0.2) is 49.7 Å². The van der Waals surface area contributed by atoms with Crippen LogP contribution in [0.3, 0.4) is 0 Å². The van der Waals surface area contributed by atoms with E-state index in [2.05, 4.69) is 10.6 Å². The molecule has 172 valence electrons. The average molecular weight is 450 g/mol. The van der Waals surface area contributed by atoms with Crippen LogP contribution in [0.25, 0.3) is 0 Å². The molecular weight excluding hydrogens is 414 g/mol. The first-order chi connectivity index (χ1) is 14.9. The van der Waals surface area contributed by atoms with Gasteiger partial charge in [0.2, 0.25) is 10.0 Å². The van der Waals surface area contributed by atoms with E-state index < -0.39 is 21.8 Å². The molecule has 1 aliphatic heterocycles. The molecule has 31 heavy (non-hydrogen) atoms. The van der Waals surface area contributed by atoms with Crippen LogP contribution >= 0.6 is 0 Å². The van der Waals surface area contributed by atoms with Crippen molar-refractivity contribution in [1.29, 1.82) is 0 Å². The smallest absolute Gasteiger partial charge is 0.309 e. The number of aryl methyl sites for hydroxylation is 1.